The Morgan fingerprint density at radius 1 is 1.31 bits per heavy atom. The van der Waals surface area contributed by atoms with E-state index in [1.54, 1.807) is 11.3 Å². The number of nitrogens with zero attached hydrogens (tertiary/aromatic N) is 4. The molecule has 0 saturated heterocycles. The fourth-order valence-corrected chi connectivity index (χ4v) is 3.78. The van der Waals surface area contributed by atoms with Gasteiger partial charge in [-0.2, -0.15) is 0 Å². The van der Waals surface area contributed by atoms with Gasteiger partial charge in [0, 0.05) is 24.4 Å². The Morgan fingerprint density at radius 3 is 2.69 bits per heavy atom. The Labute approximate surface area is 157 Å². The molecular weight excluding hydrogens is 374 g/mol. The Bertz CT molecular complexity index is 907. The molecule has 0 unspecified atom stereocenters. The Morgan fingerprint density at radius 2 is 2.08 bits per heavy atom. The van der Waals surface area contributed by atoms with Gasteiger partial charge in [0.1, 0.15) is 0 Å². The molecule has 0 aliphatic carbocycles. The van der Waals surface area contributed by atoms with Gasteiger partial charge in [0.05, 0.1) is 15.6 Å². The Kier molecular flexibility index (Phi) is 5.64. The molecule has 0 atom stereocenters. The summed E-state index contributed by atoms with van der Waals surface area (Å²) in [5.41, 5.74) is 0.493. The molecule has 0 bridgehead atoms. The highest BCUT2D eigenvalue weighted by Gasteiger charge is 2.15. The molecule has 26 heavy (non-hydrogen) atoms. The van der Waals surface area contributed by atoms with Crippen LogP contribution >= 0.6 is 23.1 Å². The number of nitro benzene ring substituents is 1. The van der Waals surface area contributed by atoms with Crippen LogP contribution in [0.1, 0.15) is 6.92 Å². The molecule has 134 valence electrons. The first-order valence-corrected chi connectivity index (χ1v) is 9.59. The SMILES string of the molecule is CCn1c(SCC(=O)Nc2ccc([N+](=O)[O-])cc2)nnc1-c1cccs1. The summed E-state index contributed by atoms with van der Waals surface area (Å²) in [6.45, 7) is 2.70. The zero-order valence-corrected chi connectivity index (χ0v) is 15.4. The molecule has 0 radical (unpaired) electrons. The summed E-state index contributed by atoms with van der Waals surface area (Å²) < 4.78 is 1.97. The van der Waals surface area contributed by atoms with E-state index in [0.717, 1.165) is 10.7 Å². The second-order valence-electron chi connectivity index (χ2n) is 5.17. The predicted octanol–water partition coefficient (Wildman–Crippen LogP) is 3.67. The molecule has 3 rings (SSSR count). The lowest BCUT2D eigenvalue weighted by Gasteiger charge is -2.07. The molecule has 0 aliphatic heterocycles. The van der Waals surface area contributed by atoms with Gasteiger partial charge < -0.3 is 9.88 Å². The number of rotatable bonds is 7. The summed E-state index contributed by atoms with van der Waals surface area (Å²) in [6.07, 6.45) is 0. The number of nitrogens with one attached hydrogen (secondary N) is 1. The van der Waals surface area contributed by atoms with Crippen LogP contribution < -0.4 is 5.32 Å². The first-order valence-electron chi connectivity index (χ1n) is 7.72. The van der Waals surface area contributed by atoms with Crippen LogP contribution in [0.5, 0.6) is 0 Å². The molecular formula is C16H15N5O3S2. The highest BCUT2D eigenvalue weighted by molar-refractivity contribution is 7.99. The van der Waals surface area contributed by atoms with Crippen LogP contribution in [-0.2, 0) is 11.3 Å². The van der Waals surface area contributed by atoms with Crippen LogP contribution in [0.25, 0.3) is 10.7 Å². The van der Waals surface area contributed by atoms with Crippen molar-refractivity contribution in [3.8, 4) is 10.7 Å². The lowest BCUT2D eigenvalue weighted by Crippen LogP contribution is -2.14. The number of carbonyl (C=O) groups is 1. The van der Waals surface area contributed by atoms with Gasteiger partial charge in [-0.25, -0.2) is 0 Å². The molecule has 0 aliphatic rings. The van der Waals surface area contributed by atoms with Gasteiger partial charge in [0.25, 0.3) is 5.69 Å². The van der Waals surface area contributed by atoms with Crippen molar-refractivity contribution in [2.45, 2.75) is 18.6 Å². The van der Waals surface area contributed by atoms with Gasteiger partial charge in [-0.1, -0.05) is 17.8 Å². The zero-order chi connectivity index (χ0) is 18.5. The zero-order valence-electron chi connectivity index (χ0n) is 13.8. The smallest absolute Gasteiger partial charge is 0.269 e. The maximum Gasteiger partial charge on any atom is 0.269 e. The molecule has 3 aromatic rings. The fourth-order valence-electron chi connectivity index (χ4n) is 2.26. The molecule has 0 saturated carbocycles. The number of aromatic nitrogens is 3. The number of non-ortho nitro benzene ring substituents is 1. The first-order chi connectivity index (χ1) is 12.6. The molecule has 0 fully saturated rings. The van der Waals surface area contributed by atoms with Crippen molar-refractivity contribution in [3.05, 3.63) is 51.9 Å². The average Bonchev–Trinajstić information content (AvgIpc) is 3.29. The number of nitro groups is 1. The molecule has 1 aromatic carbocycles. The molecule has 0 spiro atoms. The maximum absolute atomic E-state index is 12.1. The quantitative estimate of drug-likeness (QED) is 0.376. The van der Waals surface area contributed by atoms with Gasteiger partial charge >= 0.3 is 0 Å². The summed E-state index contributed by atoms with van der Waals surface area (Å²) in [4.78, 5) is 23.3. The lowest BCUT2D eigenvalue weighted by atomic mass is 10.3. The highest BCUT2D eigenvalue weighted by atomic mass is 32.2. The number of anilines is 1. The molecule has 2 aromatic heterocycles. The number of hydrogen-bond acceptors (Lipinski definition) is 7. The van der Waals surface area contributed by atoms with E-state index in [9.17, 15) is 14.9 Å². The number of amides is 1. The van der Waals surface area contributed by atoms with Gasteiger partial charge in [-0.15, -0.1) is 21.5 Å². The van der Waals surface area contributed by atoms with Gasteiger partial charge in [-0.3, -0.25) is 14.9 Å². The summed E-state index contributed by atoms with van der Waals surface area (Å²) in [6, 6.07) is 9.65. The van der Waals surface area contributed by atoms with E-state index in [4.69, 9.17) is 0 Å². The van der Waals surface area contributed by atoms with Crippen LogP contribution in [0, 0.1) is 10.1 Å². The third-order valence-corrected chi connectivity index (χ3v) is 5.30. The molecule has 1 amide bonds. The van der Waals surface area contributed by atoms with Crippen LogP contribution in [0.15, 0.2) is 46.9 Å². The fraction of sp³-hybridized carbons (Fsp3) is 0.188. The van der Waals surface area contributed by atoms with Crippen LogP contribution in [0.3, 0.4) is 0 Å². The normalized spacial score (nSPS) is 10.7. The summed E-state index contributed by atoms with van der Waals surface area (Å²) in [5, 5.41) is 24.4. The van der Waals surface area contributed by atoms with Crippen molar-refractivity contribution in [3.63, 3.8) is 0 Å². The number of thiophene rings is 1. The number of hydrogen-bond donors (Lipinski definition) is 1. The van der Waals surface area contributed by atoms with Crippen molar-refractivity contribution >= 4 is 40.4 Å². The van der Waals surface area contributed by atoms with Crippen molar-refractivity contribution in [2.75, 3.05) is 11.1 Å². The van der Waals surface area contributed by atoms with Gasteiger partial charge in [0.15, 0.2) is 11.0 Å². The minimum atomic E-state index is -0.482. The first kappa shape index (κ1) is 18.1. The topological polar surface area (TPSA) is 103 Å². The van der Waals surface area contributed by atoms with Crippen LogP contribution in [0.4, 0.5) is 11.4 Å². The Balaban J connectivity index is 1.62. The Hall–Kier alpha value is -2.72. The predicted molar refractivity (Wildman–Crippen MR) is 101 cm³/mol. The van der Waals surface area contributed by atoms with Crippen molar-refractivity contribution in [2.24, 2.45) is 0 Å². The van der Waals surface area contributed by atoms with Crippen molar-refractivity contribution in [1.82, 2.24) is 14.8 Å². The number of carbonyl (C=O) groups excluding carboxylic acids is 1. The molecule has 2 heterocycles. The number of benzene rings is 1. The van der Waals surface area contributed by atoms with E-state index in [1.807, 2.05) is 29.0 Å². The monoisotopic (exact) mass is 389 g/mol. The molecule has 10 heteroatoms. The minimum Gasteiger partial charge on any atom is -0.325 e. The van der Waals surface area contributed by atoms with E-state index >= 15 is 0 Å². The van der Waals surface area contributed by atoms with Crippen LogP contribution in [0.2, 0.25) is 0 Å². The third kappa shape index (κ3) is 4.09. The summed E-state index contributed by atoms with van der Waals surface area (Å²) >= 11 is 2.89. The van der Waals surface area contributed by atoms with Crippen molar-refractivity contribution < 1.29 is 9.72 Å². The molecule has 8 nitrogen and oxygen atoms in total. The van der Waals surface area contributed by atoms with Gasteiger partial charge in [-0.05, 0) is 30.5 Å². The highest BCUT2D eigenvalue weighted by Crippen LogP contribution is 2.27. The summed E-state index contributed by atoms with van der Waals surface area (Å²) in [7, 11) is 0. The van der Waals surface area contributed by atoms with Crippen molar-refractivity contribution in [1.29, 1.82) is 0 Å². The van der Waals surface area contributed by atoms with E-state index in [0.29, 0.717) is 17.4 Å². The van der Waals surface area contributed by atoms with Gasteiger partial charge in [0.2, 0.25) is 5.91 Å². The maximum atomic E-state index is 12.1. The molecule has 1 N–H and O–H groups in total. The number of thioether (sulfide) groups is 1. The third-order valence-electron chi connectivity index (χ3n) is 3.47. The minimum absolute atomic E-state index is 0.0190. The van der Waals surface area contributed by atoms with E-state index in [2.05, 4.69) is 15.5 Å². The van der Waals surface area contributed by atoms with Crippen LogP contribution in [-0.4, -0.2) is 31.3 Å². The van der Waals surface area contributed by atoms with E-state index in [1.165, 1.54) is 36.0 Å². The average molecular weight is 389 g/mol. The second kappa shape index (κ2) is 8.11. The second-order valence-corrected chi connectivity index (χ2v) is 7.06. The largest absolute Gasteiger partial charge is 0.325 e. The standard InChI is InChI=1S/C16H15N5O3S2/c1-2-20-15(13-4-3-9-25-13)18-19-16(20)26-10-14(22)17-11-5-7-12(8-6-11)21(23)24/h3-9H,2,10H2,1H3,(H,17,22). The van der Waals surface area contributed by atoms with E-state index < -0.39 is 4.92 Å². The summed E-state index contributed by atoms with van der Waals surface area (Å²) in [5.74, 6) is 0.743. The lowest BCUT2D eigenvalue weighted by molar-refractivity contribution is -0.384. The van der Waals surface area contributed by atoms with E-state index in [-0.39, 0.29) is 17.3 Å².